The van der Waals surface area contributed by atoms with Crippen molar-refractivity contribution in [1.82, 2.24) is 16.0 Å². The highest BCUT2D eigenvalue weighted by molar-refractivity contribution is 6.32. The summed E-state index contributed by atoms with van der Waals surface area (Å²) in [6, 6.07) is 7.16. The first kappa shape index (κ1) is 14.7. The fourth-order valence-corrected chi connectivity index (χ4v) is 3.39. The summed E-state index contributed by atoms with van der Waals surface area (Å²) in [5, 5.41) is 11.2. The molecular weight excluding hydrogens is 286 g/mol. The lowest BCUT2D eigenvalue weighted by atomic mass is 10.0. The second-order valence-electron chi connectivity index (χ2n) is 5.76. The van der Waals surface area contributed by atoms with Gasteiger partial charge in [0.15, 0.2) is 0 Å². The van der Waals surface area contributed by atoms with Crippen molar-refractivity contribution in [2.45, 2.75) is 32.0 Å². The number of hydrogen-bond donors (Lipinski definition) is 3. The van der Waals surface area contributed by atoms with Crippen molar-refractivity contribution in [3.63, 3.8) is 0 Å². The van der Waals surface area contributed by atoms with E-state index in [-0.39, 0.29) is 0 Å². The summed E-state index contributed by atoms with van der Waals surface area (Å²) >= 11 is 6.15. The van der Waals surface area contributed by atoms with Crippen LogP contribution in [0.15, 0.2) is 30.0 Å². The number of aryl methyl sites for hydroxylation is 1. The van der Waals surface area contributed by atoms with E-state index in [9.17, 15) is 0 Å². The van der Waals surface area contributed by atoms with Crippen LogP contribution < -0.4 is 20.7 Å². The van der Waals surface area contributed by atoms with Gasteiger partial charge in [-0.3, -0.25) is 0 Å². The molecule has 0 aromatic heterocycles. The molecular formula is C16H22ClN3O. The highest BCUT2D eigenvalue weighted by Gasteiger charge is 2.38. The molecule has 5 heteroatoms. The molecule has 0 spiro atoms. The van der Waals surface area contributed by atoms with Gasteiger partial charge in [-0.25, -0.2) is 0 Å². The van der Waals surface area contributed by atoms with Crippen LogP contribution in [0.1, 0.15) is 12.5 Å². The van der Waals surface area contributed by atoms with Crippen LogP contribution in [0.25, 0.3) is 0 Å². The quantitative estimate of drug-likeness (QED) is 0.726. The van der Waals surface area contributed by atoms with Crippen LogP contribution in [0.4, 0.5) is 0 Å². The molecule has 0 aliphatic carbocycles. The van der Waals surface area contributed by atoms with Gasteiger partial charge in [0.1, 0.15) is 12.4 Å². The Hall–Kier alpha value is -1.23. The van der Waals surface area contributed by atoms with Crippen molar-refractivity contribution in [3.05, 3.63) is 40.6 Å². The van der Waals surface area contributed by atoms with Crippen molar-refractivity contribution in [1.29, 1.82) is 0 Å². The lowest BCUT2D eigenvalue weighted by Gasteiger charge is -2.20. The molecule has 3 rings (SSSR count). The first-order chi connectivity index (χ1) is 10.2. The van der Waals surface area contributed by atoms with Crippen LogP contribution in [0.2, 0.25) is 5.02 Å². The van der Waals surface area contributed by atoms with Crippen LogP contribution in [-0.2, 0) is 0 Å². The lowest BCUT2D eigenvalue weighted by molar-refractivity contribution is 0.300. The zero-order chi connectivity index (χ0) is 14.8. The molecule has 2 aliphatic heterocycles. The summed E-state index contributed by atoms with van der Waals surface area (Å²) in [5.74, 6) is 0.792. The van der Waals surface area contributed by atoms with Gasteiger partial charge in [-0.15, -0.1) is 0 Å². The Kier molecular flexibility index (Phi) is 4.38. The van der Waals surface area contributed by atoms with E-state index in [4.69, 9.17) is 16.3 Å². The van der Waals surface area contributed by atoms with Crippen molar-refractivity contribution in [2.75, 3.05) is 19.7 Å². The molecule has 1 aromatic carbocycles. The molecule has 21 heavy (non-hydrogen) atoms. The highest BCUT2D eigenvalue weighted by atomic mass is 35.5. The van der Waals surface area contributed by atoms with Crippen LogP contribution in [0.3, 0.4) is 0 Å². The minimum absolute atomic E-state index is 0.430. The van der Waals surface area contributed by atoms with Crippen molar-refractivity contribution >= 4 is 11.6 Å². The minimum atomic E-state index is 0.430. The van der Waals surface area contributed by atoms with Gasteiger partial charge < -0.3 is 20.7 Å². The molecule has 1 saturated heterocycles. The van der Waals surface area contributed by atoms with Crippen LogP contribution >= 0.6 is 11.6 Å². The number of para-hydroxylation sites is 1. The summed E-state index contributed by atoms with van der Waals surface area (Å²) in [4.78, 5) is 0. The van der Waals surface area contributed by atoms with E-state index in [1.54, 1.807) is 0 Å². The Morgan fingerprint density at radius 3 is 3.05 bits per heavy atom. The predicted molar refractivity (Wildman–Crippen MR) is 85.9 cm³/mol. The van der Waals surface area contributed by atoms with Crippen LogP contribution in [-0.4, -0.2) is 37.8 Å². The number of rotatable bonds is 5. The second-order valence-corrected chi connectivity index (χ2v) is 6.17. The smallest absolute Gasteiger partial charge is 0.140 e. The van der Waals surface area contributed by atoms with Gasteiger partial charge in [0.25, 0.3) is 0 Å². The number of halogens is 1. The van der Waals surface area contributed by atoms with Gasteiger partial charge in [0.05, 0.1) is 17.1 Å². The average molecular weight is 308 g/mol. The maximum atomic E-state index is 6.15. The number of fused-ring (bicyclic) bond motifs is 1. The van der Waals surface area contributed by atoms with E-state index in [1.165, 1.54) is 5.57 Å². The molecule has 114 valence electrons. The molecule has 2 aliphatic rings. The van der Waals surface area contributed by atoms with Crippen LogP contribution in [0, 0.1) is 6.92 Å². The fraction of sp³-hybridized carbons (Fsp3) is 0.500. The first-order valence-corrected chi connectivity index (χ1v) is 7.82. The van der Waals surface area contributed by atoms with E-state index < -0.39 is 0 Å². The summed E-state index contributed by atoms with van der Waals surface area (Å²) < 4.78 is 5.81. The number of hydrogen-bond acceptors (Lipinski definition) is 4. The van der Waals surface area contributed by atoms with E-state index in [2.05, 4.69) is 29.1 Å². The standard InChI is InChI=1S/C16H22ClN3O/c1-10-4-3-5-12(17)16(10)21-7-6-18-13-9-20-14-11(2)8-19-15(13)14/h3-5,8,13-15,18-20H,6-7,9H2,1-2H3/t13-,14?,15?/m1/s1. The average Bonchev–Trinajstić information content (AvgIpc) is 3.02. The Balaban J connectivity index is 1.45. The SMILES string of the molecule is CC1=CNC2C1NC[C@H]2NCCOc1c(C)cccc1Cl. The largest absolute Gasteiger partial charge is 0.490 e. The zero-order valence-corrected chi connectivity index (χ0v) is 13.2. The normalized spacial score (nSPS) is 27.2. The summed E-state index contributed by atoms with van der Waals surface area (Å²) in [6.07, 6.45) is 2.11. The third-order valence-corrected chi connectivity index (χ3v) is 4.56. The van der Waals surface area contributed by atoms with Gasteiger partial charge >= 0.3 is 0 Å². The fourth-order valence-electron chi connectivity index (χ4n) is 3.11. The first-order valence-electron chi connectivity index (χ1n) is 7.44. The van der Waals surface area contributed by atoms with Gasteiger partial charge in [-0.1, -0.05) is 23.7 Å². The minimum Gasteiger partial charge on any atom is -0.490 e. The molecule has 0 saturated carbocycles. The molecule has 0 radical (unpaired) electrons. The Bertz CT molecular complexity index is 526. The van der Waals surface area contributed by atoms with E-state index in [0.717, 1.165) is 24.4 Å². The van der Waals surface area contributed by atoms with Crippen molar-refractivity contribution in [2.24, 2.45) is 0 Å². The molecule has 3 N–H and O–H groups in total. The lowest BCUT2D eigenvalue weighted by Crippen LogP contribution is -2.47. The summed E-state index contributed by atoms with van der Waals surface area (Å²) in [7, 11) is 0. The molecule has 3 atom stereocenters. The number of nitrogens with one attached hydrogen (secondary N) is 3. The molecule has 1 fully saturated rings. The summed E-state index contributed by atoms with van der Waals surface area (Å²) in [6.45, 7) is 6.58. The van der Waals surface area contributed by atoms with Gasteiger partial charge in [0.2, 0.25) is 0 Å². The van der Waals surface area contributed by atoms with Gasteiger partial charge in [-0.05, 0) is 37.3 Å². The van der Waals surface area contributed by atoms with E-state index in [0.29, 0.717) is 29.8 Å². The second kappa shape index (κ2) is 6.26. The maximum Gasteiger partial charge on any atom is 0.140 e. The molecule has 0 bridgehead atoms. The Morgan fingerprint density at radius 1 is 1.38 bits per heavy atom. The Labute approximate surface area is 130 Å². The number of ether oxygens (including phenoxy) is 1. The maximum absolute atomic E-state index is 6.15. The van der Waals surface area contributed by atoms with Crippen molar-refractivity contribution < 1.29 is 4.74 Å². The molecule has 1 aromatic rings. The molecule has 0 amide bonds. The van der Waals surface area contributed by atoms with E-state index in [1.807, 2.05) is 25.1 Å². The summed E-state index contributed by atoms with van der Waals surface area (Å²) in [5.41, 5.74) is 2.45. The Morgan fingerprint density at radius 2 is 2.24 bits per heavy atom. The molecule has 4 nitrogen and oxygen atoms in total. The highest BCUT2D eigenvalue weighted by Crippen LogP contribution is 2.27. The molecule has 2 heterocycles. The monoisotopic (exact) mass is 307 g/mol. The van der Waals surface area contributed by atoms with Gasteiger partial charge in [0, 0.05) is 19.1 Å². The van der Waals surface area contributed by atoms with E-state index >= 15 is 0 Å². The third-order valence-electron chi connectivity index (χ3n) is 4.26. The topological polar surface area (TPSA) is 45.3 Å². The van der Waals surface area contributed by atoms with Crippen molar-refractivity contribution in [3.8, 4) is 5.75 Å². The molecule has 2 unspecified atom stereocenters. The predicted octanol–water partition coefficient (Wildman–Crippen LogP) is 1.83. The third kappa shape index (κ3) is 3.03. The zero-order valence-electron chi connectivity index (χ0n) is 12.4. The number of benzene rings is 1. The van der Waals surface area contributed by atoms with Gasteiger partial charge in [-0.2, -0.15) is 0 Å². The van der Waals surface area contributed by atoms with Crippen LogP contribution in [0.5, 0.6) is 5.75 Å².